The lowest BCUT2D eigenvalue weighted by Crippen LogP contribution is -2.37. The van der Waals surface area contributed by atoms with Gasteiger partial charge in [-0.2, -0.15) is 0 Å². The molecule has 3 aromatic rings. The van der Waals surface area contributed by atoms with Crippen LogP contribution in [0.15, 0.2) is 42.5 Å². The van der Waals surface area contributed by atoms with Crippen molar-refractivity contribution in [1.29, 1.82) is 0 Å². The van der Waals surface area contributed by atoms with Gasteiger partial charge in [0.05, 0.1) is 24.8 Å². The Morgan fingerprint density at radius 2 is 2.07 bits per heavy atom. The van der Waals surface area contributed by atoms with Crippen molar-refractivity contribution in [1.82, 2.24) is 9.55 Å². The Labute approximate surface area is 156 Å². The number of carbonyl (C=O) groups is 2. The maximum absolute atomic E-state index is 12.9. The molecule has 0 fully saturated rings. The molecule has 1 N–H and O–H groups in total. The quantitative estimate of drug-likeness (QED) is 0.554. The minimum atomic E-state index is -0.355. The molecule has 0 radical (unpaired) electrons. The molecule has 2 aromatic heterocycles. The molecular weight excluding hydrogens is 340 g/mol. The number of hydrogen-bond acceptors (Lipinski definition) is 3. The Morgan fingerprint density at radius 3 is 2.81 bits per heavy atom. The van der Waals surface area contributed by atoms with Gasteiger partial charge in [0.25, 0.3) is 0 Å². The number of rotatable bonds is 2. The Balaban J connectivity index is 1.87. The molecule has 3 heterocycles. The predicted molar refractivity (Wildman–Crippen MR) is 103 cm³/mol. The van der Waals surface area contributed by atoms with Crippen molar-refractivity contribution in [3.05, 3.63) is 65.1 Å². The number of aromatic amines is 1. The molecule has 2 bridgehead atoms. The van der Waals surface area contributed by atoms with Crippen molar-refractivity contribution in [3.8, 4) is 0 Å². The maximum Gasteiger partial charge on any atom is 0.313 e. The zero-order chi connectivity index (χ0) is 18.7. The number of para-hydroxylation sites is 1. The Hall–Kier alpha value is -3.08. The summed E-state index contributed by atoms with van der Waals surface area (Å²) in [6.45, 7) is 1.99. The molecule has 0 unspecified atom stereocenters. The summed E-state index contributed by atoms with van der Waals surface area (Å²) >= 11 is 0. The summed E-state index contributed by atoms with van der Waals surface area (Å²) in [4.78, 5) is 28.1. The Morgan fingerprint density at radius 1 is 1.26 bits per heavy atom. The van der Waals surface area contributed by atoms with Crippen molar-refractivity contribution in [2.24, 2.45) is 5.92 Å². The molecule has 0 saturated carbocycles. The number of benzene rings is 1. The number of esters is 1. The number of H-pyrrole nitrogens is 1. The number of carbonyl (C=O) groups excluding carboxylic acids is 2. The Kier molecular flexibility index (Phi) is 3.41. The van der Waals surface area contributed by atoms with E-state index in [1.54, 1.807) is 0 Å². The van der Waals surface area contributed by atoms with Crippen LogP contribution >= 0.6 is 0 Å². The SMILES string of the molecule is C/C=C1\c2ccc(C=O)n2[C@@H]2C[C@H]1[C@@H](C(=O)OC)c1c2[nH]c2ccccc12. The van der Waals surface area contributed by atoms with Gasteiger partial charge in [0, 0.05) is 28.2 Å². The van der Waals surface area contributed by atoms with Crippen LogP contribution in [0.25, 0.3) is 16.5 Å². The molecule has 0 saturated heterocycles. The van der Waals surface area contributed by atoms with Crippen molar-refractivity contribution in [2.75, 3.05) is 7.11 Å². The van der Waals surface area contributed by atoms with Crippen LogP contribution in [-0.2, 0) is 9.53 Å². The highest BCUT2D eigenvalue weighted by Crippen LogP contribution is 2.55. The second-order valence-electron chi connectivity index (χ2n) is 7.23. The van der Waals surface area contributed by atoms with Crippen LogP contribution in [0, 0.1) is 5.92 Å². The second kappa shape index (κ2) is 5.71. The third-order valence-electron chi connectivity index (χ3n) is 6.14. The summed E-state index contributed by atoms with van der Waals surface area (Å²) in [5, 5.41) is 1.05. The number of aromatic nitrogens is 2. The largest absolute Gasteiger partial charge is 0.469 e. The number of methoxy groups -OCH3 is 1. The third kappa shape index (κ3) is 1.99. The average molecular weight is 360 g/mol. The number of hydrogen-bond donors (Lipinski definition) is 1. The van der Waals surface area contributed by atoms with Crippen molar-refractivity contribution in [3.63, 3.8) is 0 Å². The second-order valence-corrected chi connectivity index (χ2v) is 7.23. The molecule has 27 heavy (non-hydrogen) atoms. The van der Waals surface area contributed by atoms with Crippen LogP contribution < -0.4 is 0 Å². The summed E-state index contributed by atoms with van der Waals surface area (Å²) in [5.74, 6) is -0.535. The molecule has 5 rings (SSSR count). The first-order valence-corrected chi connectivity index (χ1v) is 9.20. The smallest absolute Gasteiger partial charge is 0.313 e. The average Bonchev–Trinajstić information content (AvgIpc) is 3.30. The molecule has 5 heteroatoms. The fourth-order valence-electron chi connectivity index (χ4n) is 5.12. The maximum atomic E-state index is 12.9. The summed E-state index contributed by atoms with van der Waals surface area (Å²) in [7, 11) is 1.45. The molecule has 1 aliphatic carbocycles. The van der Waals surface area contributed by atoms with Crippen molar-refractivity contribution in [2.45, 2.75) is 25.3 Å². The van der Waals surface area contributed by atoms with Crippen LogP contribution in [0.5, 0.6) is 0 Å². The van der Waals surface area contributed by atoms with E-state index < -0.39 is 0 Å². The third-order valence-corrected chi connectivity index (χ3v) is 6.14. The minimum Gasteiger partial charge on any atom is -0.469 e. The van der Waals surface area contributed by atoms with Gasteiger partial charge in [0.15, 0.2) is 6.29 Å². The standard InChI is InChI=1S/C22H20N2O3/c1-3-13-15-10-18(24-12(11-25)8-9-17(13)24)21-19(20(15)22(26)27-2)14-6-4-5-7-16(14)23-21/h3-9,11,15,18,20,23H,10H2,1-2H3/b13-3-/t15-,18-,20-/m1/s1. The van der Waals surface area contributed by atoms with Crippen molar-refractivity contribution >= 4 is 28.7 Å². The summed E-state index contributed by atoms with van der Waals surface area (Å²) < 4.78 is 7.33. The summed E-state index contributed by atoms with van der Waals surface area (Å²) in [6.07, 6.45) is 3.74. The van der Waals surface area contributed by atoms with Gasteiger partial charge < -0.3 is 14.3 Å². The highest BCUT2D eigenvalue weighted by Gasteiger charge is 2.48. The zero-order valence-corrected chi connectivity index (χ0v) is 15.2. The van der Waals surface area contributed by atoms with E-state index in [0.29, 0.717) is 5.69 Å². The molecule has 136 valence electrons. The van der Waals surface area contributed by atoms with Gasteiger partial charge in [-0.15, -0.1) is 0 Å². The first-order valence-electron chi connectivity index (χ1n) is 9.20. The lowest BCUT2D eigenvalue weighted by molar-refractivity contribution is -0.143. The molecule has 1 aliphatic heterocycles. The van der Waals surface area contributed by atoms with E-state index in [0.717, 1.165) is 46.1 Å². The fraction of sp³-hybridized carbons (Fsp3) is 0.273. The van der Waals surface area contributed by atoms with E-state index >= 15 is 0 Å². The van der Waals surface area contributed by atoms with Gasteiger partial charge in [0.2, 0.25) is 0 Å². The van der Waals surface area contributed by atoms with E-state index in [2.05, 4.69) is 15.6 Å². The predicted octanol–water partition coefficient (Wildman–Crippen LogP) is 4.06. The van der Waals surface area contributed by atoms with E-state index in [1.165, 1.54) is 7.11 Å². The van der Waals surface area contributed by atoms with Crippen molar-refractivity contribution < 1.29 is 14.3 Å². The van der Waals surface area contributed by atoms with Gasteiger partial charge in [-0.3, -0.25) is 9.59 Å². The normalized spacial score (nSPS) is 24.5. The number of fused-ring (bicyclic) bond motifs is 8. The lowest BCUT2D eigenvalue weighted by atomic mass is 9.68. The van der Waals surface area contributed by atoms with Gasteiger partial charge in [-0.25, -0.2) is 0 Å². The monoisotopic (exact) mass is 360 g/mol. The fourth-order valence-corrected chi connectivity index (χ4v) is 5.12. The van der Waals surface area contributed by atoms with Crippen LogP contribution in [0.3, 0.4) is 0 Å². The number of nitrogens with one attached hydrogen (secondary N) is 1. The minimum absolute atomic E-state index is 0.00667. The number of nitrogens with zero attached hydrogens (tertiary/aromatic N) is 1. The van der Waals surface area contributed by atoms with Gasteiger partial charge in [0.1, 0.15) is 0 Å². The van der Waals surface area contributed by atoms with Gasteiger partial charge >= 0.3 is 5.97 Å². The molecule has 5 nitrogen and oxygen atoms in total. The van der Waals surface area contributed by atoms with E-state index in [9.17, 15) is 9.59 Å². The molecule has 0 amide bonds. The van der Waals surface area contributed by atoms with Gasteiger partial charge in [-0.1, -0.05) is 24.3 Å². The summed E-state index contributed by atoms with van der Waals surface area (Å²) in [6, 6.07) is 11.9. The Bertz CT molecular complexity index is 1120. The van der Waals surface area contributed by atoms with Crippen LogP contribution in [0.2, 0.25) is 0 Å². The molecule has 0 spiro atoms. The zero-order valence-electron chi connectivity index (χ0n) is 15.2. The lowest BCUT2D eigenvalue weighted by Gasteiger charge is -2.42. The first kappa shape index (κ1) is 16.1. The van der Waals surface area contributed by atoms with Gasteiger partial charge in [-0.05, 0) is 42.7 Å². The van der Waals surface area contributed by atoms with E-state index in [-0.39, 0.29) is 23.8 Å². The molecule has 3 atom stereocenters. The van der Waals surface area contributed by atoms with Crippen LogP contribution in [-0.4, -0.2) is 28.9 Å². The van der Waals surface area contributed by atoms with Crippen LogP contribution in [0.1, 0.15) is 52.7 Å². The molecule has 1 aromatic carbocycles. The van der Waals surface area contributed by atoms with Crippen LogP contribution in [0.4, 0.5) is 0 Å². The number of aldehydes is 1. The number of allylic oxidation sites excluding steroid dienone is 2. The highest BCUT2D eigenvalue weighted by atomic mass is 16.5. The molecular formula is C22H20N2O3. The van der Waals surface area contributed by atoms with E-state index in [4.69, 9.17) is 4.74 Å². The molecule has 2 aliphatic rings. The van der Waals surface area contributed by atoms with E-state index in [1.807, 2.05) is 43.3 Å². The first-order chi connectivity index (χ1) is 13.2. The highest BCUT2D eigenvalue weighted by molar-refractivity contribution is 5.94. The topological polar surface area (TPSA) is 64.1 Å². The number of ether oxygens (including phenoxy) is 1. The summed E-state index contributed by atoms with van der Waals surface area (Å²) in [5.41, 5.74) is 5.80.